The summed E-state index contributed by atoms with van der Waals surface area (Å²) < 4.78 is 29.4. The Hall–Kier alpha value is -3.85. The summed E-state index contributed by atoms with van der Waals surface area (Å²) in [6, 6.07) is 27.0. The maximum Gasteiger partial charge on any atom is 0.264 e. The highest BCUT2D eigenvalue weighted by Gasteiger charge is 2.35. The number of hydrogen-bond donors (Lipinski definition) is 1. The van der Waals surface area contributed by atoms with Crippen molar-refractivity contribution in [3.05, 3.63) is 129 Å². The van der Waals surface area contributed by atoms with E-state index in [-0.39, 0.29) is 45.5 Å². The third-order valence-electron chi connectivity index (χ3n) is 7.80. The van der Waals surface area contributed by atoms with E-state index in [4.69, 9.17) is 23.2 Å². The third-order valence-corrected chi connectivity index (χ3v) is 10.4. The number of amides is 2. The number of hydrogen-bond acceptors (Lipinski definition) is 4. The molecule has 7 nitrogen and oxygen atoms in total. The first kappa shape index (κ1) is 35.0. The van der Waals surface area contributed by atoms with Gasteiger partial charge in [-0.3, -0.25) is 13.9 Å². The molecule has 0 unspecified atom stereocenters. The Morgan fingerprint density at radius 1 is 0.826 bits per heavy atom. The summed E-state index contributed by atoms with van der Waals surface area (Å²) in [5.74, 6) is -0.901. The molecule has 0 bridgehead atoms. The van der Waals surface area contributed by atoms with E-state index in [1.165, 1.54) is 23.1 Å². The Kier molecular flexibility index (Phi) is 11.9. The van der Waals surface area contributed by atoms with E-state index < -0.39 is 28.5 Å². The Labute approximate surface area is 282 Å². The van der Waals surface area contributed by atoms with Crippen molar-refractivity contribution in [1.29, 1.82) is 0 Å². The van der Waals surface area contributed by atoms with Gasteiger partial charge in [0.25, 0.3) is 10.0 Å². The van der Waals surface area contributed by atoms with Crippen molar-refractivity contribution < 1.29 is 18.0 Å². The van der Waals surface area contributed by atoms with Gasteiger partial charge in [0.2, 0.25) is 11.8 Å². The van der Waals surface area contributed by atoms with Crippen LogP contribution in [0, 0.1) is 13.8 Å². The lowest BCUT2D eigenvalue weighted by molar-refractivity contribution is -0.140. The summed E-state index contributed by atoms with van der Waals surface area (Å²) in [7, 11) is -4.30. The molecule has 46 heavy (non-hydrogen) atoms. The van der Waals surface area contributed by atoms with E-state index in [0.29, 0.717) is 6.42 Å². The maximum atomic E-state index is 14.6. The van der Waals surface area contributed by atoms with E-state index in [1.54, 1.807) is 24.3 Å². The van der Waals surface area contributed by atoms with Gasteiger partial charge < -0.3 is 10.2 Å². The largest absolute Gasteiger partial charge is 0.352 e. The number of nitrogens with one attached hydrogen (secondary N) is 1. The second-order valence-corrected chi connectivity index (χ2v) is 14.1. The molecule has 10 heteroatoms. The van der Waals surface area contributed by atoms with Gasteiger partial charge in [-0.1, -0.05) is 114 Å². The van der Waals surface area contributed by atoms with Crippen LogP contribution < -0.4 is 9.62 Å². The second kappa shape index (κ2) is 15.6. The zero-order chi connectivity index (χ0) is 33.4. The Balaban J connectivity index is 1.84. The number of carbonyl (C=O) groups is 2. The molecule has 0 heterocycles. The van der Waals surface area contributed by atoms with Crippen LogP contribution in [0.1, 0.15) is 42.5 Å². The molecule has 0 saturated carbocycles. The Morgan fingerprint density at radius 2 is 1.48 bits per heavy atom. The first-order valence-electron chi connectivity index (χ1n) is 15.1. The van der Waals surface area contributed by atoms with E-state index in [9.17, 15) is 18.0 Å². The summed E-state index contributed by atoms with van der Waals surface area (Å²) in [6.45, 7) is 7.13. The first-order chi connectivity index (χ1) is 21.9. The molecule has 0 aliphatic heterocycles. The minimum Gasteiger partial charge on any atom is -0.352 e. The zero-order valence-electron chi connectivity index (χ0n) is 26.4. The number of rotatable bonds is 13. The van der Waals surface area contributed by atoms with Crippen LogP contribution in [-0.4, -0.2) is 43.8 Å². The molecule has 0 fully saturated rings. The highest BCUT2D eigenvalue weighted by molar-refractivity contribution is 7.92. The average Bonchev–Trinajstić information content (AvgIpc) is 3.03. The molecule has 4 rings (SSSR count). The molecule has 0 saturated heterocycles. The fourth-order valence-electron chi connectivity index (χ4n) is 5.04. The molecular formula is C36H39Cl2N3O4S. The van der Waals surface area contributed by atoms with Crippen LogP contribution in [0.2, 0.25) is 10.0 Å². The molecule has 0 aromatic heterocycles. The minimum atomic E-state index is -4.30. The van der Waals surface area contributed by atoms with Gasteiger partial charge in [0.05, 0.1) is 20.6 Å². The summed E-state index contributed by atoms with van der Waals surface area (Å²) >= 11 is 12.9. The summed E-state index contributed by atoms with van der Waals surface area (Å²) in [4.78, 5) is 30.0. The summed E-state index contributed by atoms with van der Waals surface area (Å²) in [5, 5.41) is 3.18. The fraction of sp³-hybridized carbons (Fsp3) is 0.278. The van der Waals surface area contributed by atoms with E-state index >= 15 is 0 Å². The quantitative estimate of drug-likeness (QED) is 0.160. The molecule has 4 aromatic carbocycles. The number of anilines is 1. The lowest BCUT2D eigenvalue weighted by atomic mass is 10.0. The zero-order valence-corrected chi connectivity index (χ0v) is 28.7. The number of nitrogens with zero attached hydrogens (tertiary/aromatic N) is 2. The van der Waals surface area contributed by atoms with Crippen LogP contribution in [0.5, 0.6) is 0 Å². The molecule has 0 aliphatic carbocycles. The van der Waals surface area contributed by atoms with Crippen LogP contribution in [0.4, 0.5) is 5.69 Å². The monoisotopic (exact) mass is 679 g/mol. The lowest BCUT2D eigenvalue weighted by Gasteiger charge is -2.34. The highest BCUT2D eigenvalue weighted by atomic mass is 35.5. The van der Waals surface area contributed by atoms with Gasteiger partial charge in [0.1, 0.15) is 12.6 Å². The maximum absolute atomic E-state index is 14.6. The third kappa shape index (κ3) is 8.69. The smallest absolute Gasteiger partial charge is 0.264 e. The van der Waals surface area contributed by atoms with Crippen LogP contribution >= 0.6 is 23.2 Å². The highest BCUT2D eigenvalue weighted by Crippen LogP contribution is 2.35. The lowest BCUT2D eigenvalue weighted by Crippen LogP contribution is -2.54. The number of aryl methyl sites for hydroxylation is 2. The average molecular weight is 681 g/mol. The molecule has 0 radical (unpaired) electrons. The number of benzene rings is 4. The van der Waals surface area contributed by atoms with E-state index in [2.05, 4.69) is 5.32 Å². The summed E-state index contributed by atoms with van der Waals surface area (Å²) in [6.07, 6.45) is 0.925. The Bertz CT molecular complexity index is 1770. The molecule has 242 valence electrons. The fourth-order valence-corrected chi connectivity index (χ4v) is 6.91. The van der Waals surface area contributed by atoms with Crippen LogP contribution in [0.3, 0.4) is 0 Å². The van der Waals surface area contributed by atoms with Crippen LogP contribution in [0.25, 0.3) is 0 Å². The van der Waals surface area contributed by atoms with Crippen LogP contribution in [-0.2, 0) is 32.6 Å². The molecular weight excluding hydrogens is 641 g/mol. The van der Waals surface area contributed by atoms with E-state index in [1.807, 2.05) is 82.3 Å². The van der Waals surface area contributed by atoms with Crippen molar-refractivity contribution in [2.75, 3.05) is 10.8 Å². The number of halogens is 2. The predicted molar refractivity (Wildman–Crippen MR) is 186 cm³/mol. The van der Waals surface area contributed by atoms with Crippen molar-refractivity contribution >= 4 is 50.7 Å². The molecule has 2 amide bonds. The molecule has 4 aromatic rings. The van der Waals surface area contributed by atoms with Crippen molar-refractivity contribution in [3.8, 4) is 0 Å². The standard InChI is InChI=1S/C36H39Cl2N3O4S/c1-5-27(4)39-36(43)33(22-28-12-7-6-8-13-28)40(23-29-14-9-11-26(3)21-29)34(42)24-41(32-16-10-15-31(37)35(32)38)46(44,45)30-19-17-25(2)18-20-30/h6-21,27,33H,5,22-24H2,1-4H3,(H,39,43)/t27-,33+/m0/s1. The van der Waals surface area contributed by atoms with Gasteiger partial charge in [-0.05, 0) is 62.6 Å². The van der Waals surface area contributed by atoms with Gasteiger partial charge in [-0.25, -0.2) is 8.42 Å². The van der Waals surface area contributed by atoms with E-state index in [0.717, 1.165) is 26.6 Å². The molecule has 2 atom stereocenters. The van der Waals surface area contributed by atoms with Crippen molar-refractivity contribution in [2.24, 2.45) is 0 Å². The normalized spacial score (nSPS) is 12.7. The van der Waals surface area contributed by atoms with Gasteiger partial charge >= 0.3 is 0 Å². The predicted octanol–water partition coefficient (Wildman–Crippen LogP) is 7.36. The number of carbonyl (C=O) groups excluding carboxylic acids is 2. The van der Waals surface area contributed by atoms with Gasteiger partial charge in [0.15, 0.2) is 0 Å². The van der Waals surface area contributed by atoms with Crippen molar-refractivity contribution in [2.45, 2.75) is 64.1 Å². The topological polar surface area (TPSA) is 86.8 Å². The molecule has 1 N–H and O–H groups in total. The second-order valence-electron chi connectivity index (χ2n) is 11.4. The summed E-state index contributed by atoms with van der Waals surface area (Å²) in [5.41, 5.74) is 3.58. The first-order valence-corrected chi connectivity index (χ1v) is 17.3. The van der Waals surface area contributed by atoms with Gasteiger partial charge in [0, 0.05) is 19.0 Å². The van der Waals surface area contributed by atoms with Crippen molar-refractivity contribution in [3.63, 3.8) is 0 Å². The number of sulfonamides is 1. The van der Waals surface area contributed by atoms with Crippen molar-refractivity contribution in [1.82, 2.24) is 10.2 Å². The molecule has 0 spiro atoms. The van der Waals surface area contributed by atoms with Crippen LogP contribution in [0.15, 0.2) is 102 Å². The molecule has 0 aliphatic rings. The minimum absolute atomic E-state index is 0.00626. The Morgan fingerprint density at radius 3 is 2.13 bits per heavy atom. The van der Waals surface area contributed by atoms with Gasteiger partial charge in [-0.2, -0.15) is 0 Å². The SMILES string of the molecule is CC[C@H](C)NC(=O)[C@@H](Cc1ccccc1)N(Cc1cccc(C)c1)C(=O)CN(c1cccc(Cl)c1Cl)S(=O)(=O)c1ccc(C)cc1. The van der Waals surface area contributed by atoms with Gasteiger partial charge in [-0.15, -0.1) is 0 Å².